The highest BCUT2D eigenvalue weighted by molar-refractivity contribution is 7.98. The molecule has 1 rings (SSSR count). The summed E-state index contributed by atoms with van der Waals surface area (Å²) < 4.78 is 31.2. The molecule has 0 fully saturated rings. The van der Waals surface area contributed by atoms with Crippen LogP contribution in [0.1, 0.15) is 6.42 Å². The van der Waals surface area contributed by atoms with Crippen molar-refractivity contribution in [2.75, 3.05) is 36.6 Å². The number of ether oxygens (including phenoxy) is 1. The molecule has 0 amide bonds. The maximum absolute atomic E-state index is 11.6. The maximum atomic E-state index is 11.6. The number of nitrogens with one attached hydrogen (secondary N) is 1. The first-order valence-corrected chi connectivity index (χ1v) is 9.03. The molecule has 1 aromatic rings. The van der Waals surface area contributed by atoms with Crippen LogP contribution in [-0.4, -0.2) is 39.3 Å². The number of anilines is 1. The van der Waals surface area contributed by atoms with E-state index in [4.69, 9.17) is 10.5 Å². The van der Waals surface area contributed by atoms with Crippen molar-refractivity contribution in [3.8, 4) is 5.75 Å². The van der Waals surface area contributed by atoms with Gasteiger partial charge in [0.2, 0.25) is 10.0 Å². The molecule has 0 saturated carbocycles. The highest BCUT2D eigenvalue weighted by atomic mass is 32.2. The van der Waals surface area contributed by atoms with Crippen LogP contribution < -0.4 is 15.2 Å². The molecule has 0 aromatic heterocycles. The fourth-order valence-electron chi connectivity index (χ4n) is 1.39. The second-order valence-corrected chi connectivity index (χ2v) is 6.86. The van der Waals surface area contributed by atoms with E-state index in [1.54, 1.807) is 36.0 Å². The molecule has 7 heteroatoms. The number of para-hydroxylation sites is 2. The van der Waals surface area contributed by atoms with E-state index in [-0.39, 0.29) is 12.4 Å². The summed E-state index contributed by atoms with van der Waals surface area (Å²) in [6, 6.07) is 7.02. The number of hydrogen-bond acceptors (Lipinski definition) is 5. The fraction of sp³-hybridized carbons (Fsp3) is 0.500. The number of sulfonamides is 1. The van der Waals surface area contributed by atoms with Crippen molar-refractivity contribution in [1.29, 1.82) is 0 Å². The Bertz CT molecular complexity index is 478. The molecule has 1 aromatic carbocycles. The minimum Gasteiger partial charge on any atom is -0.490 e. The Morgan fingerprint density at radius 2 is 2.11 bits per heavy atom. The smallest absolute Gasteiger partial charge is 0.214 e. The van der Waals surface area contributed by atoms with Gasteiger partial charge in [-0.15, -0.1) is 0 Å². The number of thioether (sulfide) groups is 1. The first kappa shape index (κ1) is 16.1. The summed E-state index contributed by atoms with van der Waals surface area (Å²) in [5.74, 6) is 1.39. The van der Waals surface area contributed by atoms with Crippen LogP contribution in [0.5, 0.6) is 5.75 Å². The van der Waals surface area contributed by atoms with Gasteiger partial charge >= 0.3 is 0 Å². The molecule has 0 heterocycles. The van der Waals surface area contributed by atoms with Gasteiger partial charge in [0.15, 0.2) is 0 Å². The molecular formula is C12H20N2O3S2. The highest BCUT2D eigenvalue weighted by Crippen LogP contribution is 2.19. The van der Waals surface area contributed by atoms with E-state index in [1.807, 2.05) is 6.26 Å². The summed E-state index contributed by atoms with van der Waals surface area (Å²) >= 11 is 1.70. The molecule has 0 radical (unpaired) electrons. The van der Waals surface area contributed by atoms with E-state index in [0.29, 0.717) is 18.0 Å². The van der Waals surface area contributed by atoms with Gasteiger partial charge in [-0.25, -0.2) is 13.1 Å². The Balaban J connectivity index is 2.30. The summed E-state index contributed by atoms with van der Waals surface area (Å²) in [4.78, 5) is 0. The van der Waals surface area contributed by atoms with Gasteiger partial charge in [-0.05, 0) is 30.6 Å². The summed E-state index contributed by atoms with van der Waals surface area (Å²) in [5, 5.41) is 0. The van der Waals surface area contributed by atoms with Gasteiger partial charge in [-0.3, -0.25) is 0 Å². The zero-order valence-electron chi connectivity index (χ0n) is 11.0. The van der Waals surface area contributed by atoms with Crippen LogP contribution >= 0.6 is 11.8 Å². The lowest BCUT2D eigenvalue weighted by Crippen LogP contribution is -2.30. The molecule has 0 aliphatic rings. The average Bonchev–Trinajstić information content (AvgIpc) is 2.37. The lowest BCUT2D eigenvalue weighted by atomic mass is 10.3. The van der Waals surface area contributed by atoms with Gasteiger partial charge in [0, 0.05) is 6.54 Å². The fourth-order valence-corrected chi connectivity index (χ4v) is 2.73. The zero-order chi connectivity index (χ0) is 14.1. The van der Waals surface area contributed by atoms with E-state index in [0.717, 1.165) is 12.2 Å². The van der Waals surface area contributed by atoms with Crippen LogP contribution in [-0.2, 0) is 10.0 Å². The summed E-state index contributed by atoms with van der Waals surface area (Å²) in [6.45, 7) is 0.558. The quantitative estimate of drug-likeness (QED) is 0.531. The highest BCUT2D eigenvalue weighted by Gasteiger charge is 2.10. The van der Waals surface area contributed by atoms with Crippen molar-refractivity contribution < 1.29 is 13.2 Å². The number of benzene rings is 1. The molecule has 0 spiro atoms. The molecule has 0 unspecified atom stereocenters. The molecule has 5 nitrogen and oxygen atoms in total. The number of rotatable bonds is 9. The van der Waals surface area contributed by atoms with E-state index in [1.165, 1.54) is 0 Å². The minimum atomic E-state index is -3.27. The molecule has 19 heavy (non-hydrogen) atoms. The standard InChI is InChI=1S/C12H20N2O3S2/c1-18-9-4-7-14-19(15,16)10-8-17-12-6-3-2-5-11(12)13/h2-3,5-6,14H,4,7-10,13H2,1H3. The van der Waals surface area contributed by atoms with Crippen LogP contribution in [0.2, 0.25) is 0 Å². The molecule has 0 aliphatic carbocycles. The average molecular weight is 304 g/mol. The summed E-state index contributed by atoms with van der Waals surface area (Å²) in [5.41, 5.74) is 6.20. The molecule has 0 atom stereocenters. The van der Waals surface area contributed by atoms with E-state index >= 15 is 0 Å². The Hall–Kier alpha value is -0.920. The van der Waals surface area contributed by atoms with Crippen LogP contribution in [0.4, 0.5) is 5.69 Å². The molecule has 0 bridgehead atoms. The maximum Gasteiger partial charge on any atom is 0.214 e. The van der Waals surface area contributed by atoms with Crippen LogP contribution in [0.15, 0.2) is 24.3 Å². The van der Waals surface area contributed by atoms with Crippen LogP contribution in [0.3, 0.4) is 0 Å². The zero-order valence-corrected chi connectivity index (χ0v) is 12.6. The van der Waals surface area contributed by atoms with Crippen molar-refractivity contribution in [2.24, 2.45) is 0 Å². The van der Waals surface area contributed by atoms with E-state index < -0.39 is 10.0 Å². The molecular weight excluding hydrogens is 284 g/mol. The normalized spacial score (nSPS) is 11.4. The molecule has 0 saturated heterocycles. The predicted octanol–water partition coefficient (Wildman–Crippen LogP) is 1.32. The van der Waals surface area contributed by atoms with Crippen molar-refractivity contribution in [2.45, 2.75) is 6.42 Å². The Morgan fingerprint density at radius 3 is 2.79 bits per heavy atom. The largest absolute Gasteiger partial charge is 0.490 e. The Labute approximate surface area is 119 Å². The second kappa shape index (κ2) is 8.29. The van der Waals surface area contributed by atoms with E-state index in [2.05, 4.69) is 4.72 Å². The van der Waals surface area contributed by atoms with Gasteiger partial charge < -0.3 is 10.5 Å². The molecule has 0 aliphatic heterocycles. The third kappa shape index (κ3) is 6.70. The second-order valence-electron chi connectivity index (χ2n) is 3.95. The third-order valence-electron chi connectivity index (χ3n) is 2.38. The minimum absolute atomic E-state index is 0.0688. The Kier molecular flexibility index (Phi) is 7.04. The van der Waals surface area contributed by atoms with Gasteiger partial charge in [-0.1, -0.05) is 12.1 Å². The SMILES string of the molecule is CSCCCNS(=O)(=O)CCOc1ccccc1N. The first-order chi connectivity index (χ1) is 9.05. The summed E-state index contributed by atoms with van der Waals surface area (Å²) in [7, 11) is -3.27. The number of nitrogens with two attached hydrogens (primary N) is 1. The van der Waals surface area contributed by atoms with Crippen molar-refractivity contribution in [1.82, 2.24) is 4.72 Å². The van der Waals surface area contributed by atoms with Crippen molar-refractivity contribution in [3.63, 3.8) is 0 Å². The first-order valence-electron chi connectivity index (χ1n) is 5.99. The molecule has 108 valence electrons. The molecule has 3 N–H and O–H groups in total. The topological polar surface area (TPSA) is 81.4 Å². The van der Waals surface area contributed by atoms with Crippen molar-refractivity contribution >= 4 is 27.5 Å². The third-order valence-corrected chi connectivity index (χ3v) is 4.42. The lowest BCUT2D eigenvalue weighted by Gasteiger charge is -2.09. The van der Waals surface area contributed by atoms with Crippen molar-refractivity contribution in [3.05, 3.63) is 24.3 Å². The monoisotopic (exact) mass is 304 g/mol. The van der Waals surface area contributed by atoms with Gasteiger partial charge in [0.1, 0.15) is 12.4 Å². The number of nitrogen functional groups attached to an aromatic ring is 1. The number of hydrogen-bond donors (Lipinski definition) is 2. The Morgan fingerprint density at radius 1 is 1.37 bits per heavy atom. The van der Waals surface area contributed by atoms with Gasteiger partial charge in [-0.2, -0.15) is 11.8 Å². The predicted molar refractivity (Wildman–Crippen MR) is 81.1 cm³/mol. The van der Waals surface area contributed by atoms with Crippen LogP contribution in [0, 0.1) is 0 Å². The van der Waals surface area contributed by atoms with Gasteiger partial charge in [0.05, 0.1) is 11.4 Å². The van der Waals surface area contributed by atoms with Crippen LogP contribution in [0.25, 0.3) is 0 Å². The lowest BCUT2D eigenvalue weighted by molar-refractivity contribution is 0.342. The summed E-state index contributed by atoms with van der Waals surface area (Å²) in [6.07, 6.45) is 2.82. The van der Waals surface area contributed by atoms with E-state index in [9.17, 15) is 8.42 Å². The van der Waals surface area contributed by atoms with Gasteiger partial charge in [0.25, 0.3) is 0 Å².